The first kappa shape index (κ1) is 11.8. The second kappa shape index (κ2) is 4.52. The molecule has 1 aromatic carbocycles. The minimum atomic E-state index is 0.285. The van der Waals surface area contributed by atoms with E-state index in [-0.39, 0.29) is 5.41 Å². The SMILES string of the molecule is CC(/C=C/c1cccc(O)c1)C(C)(C)C. The summed E-state index contributed by atoms with van der Waals surface area (Å²) in [6.45, 7) is 8.89. The van der Waals surface area contributed by atoms with Crippen molar-refractivity contribution in [1.82, 2.24) is 0 Å². The average molecular weight is 204 g/mol. The Labute approximate surface area is 92.5 Å². The maximum atomic E-state index is 9.30. The van der Waals surface area contributed by atoms with Gasteiger partial charge in [0, 0.05) is 0 Å². The van der Waals surface area contributed by atoms with Gasteiger partial charge >= 0.3 is 0 Å². The summed E-state index contributed by atoms with van der Waals surface area (Å²) in [7, 11) is 0. The zero-order valence-electron chi connectivity index (χ0n) is 9.99. The molecule has 0 aliphatic carbocycles. The van der Waals surface area contributed by atoms with Gasteiger partial charge in [-0.25, -0.2) is 0 Å². The van der Waals surface area contributed by atoms with Crippen LogP contribution >= 0.6 is 0 Å². The summed E-state index contributed by atoms with van der Waals surface area (Å²) in [6, 6.07) is 7.30. The molecule has 0 radical (unpaired) electrons. The molecule has 1 aromatic rings. The lowest BCUT2D eigenvalue weighted by atomic mass is 9.82. The average Bonchev–Trinajstić information content (AvgIpc) is 2.12. The van der Waals surface area contributed by atoms with Gasteiger partial charge in [0.1, 0.15) is 5.75 Å². The van der Waals surface area contributed by atoms with Crippen LogP contribution in [-0.4, -0.2) is 5.11 Å². The van der Waals surface area contributed by atoms with Crippen molar-refractivity contribution in [3.63, 3.8) is 0 Å². The molecule has 1 rings (SSSR count). The van der Waals surface area contributed by atoms with E-state index >= 15 is 0 Å². The molecular weight excluding hydrogens is 184 g/mol. The number of phenols is 1. The van der Waals surface area contributed by atoms with Gasteiger partial charge in [0.2, 0.25) is 0 Å². The van der Waals surface area contributed by atoms with Crippen molar-refractivity contribution in [2.24, 2.45) is 11.3 Å². The Morgan fingerprint density at radius 3 is 2.47 bits per heavy atom. The highest BCUT2D eigenvalue weighted by atomic mass is 16.3. The van der Waals surface area contributed by atoms with Crippen molar-refractivity contribution >= 4 is 6.08 Å². The molecule has 15 heavy (non-hydrogen) atoms. The van der Waals surface area contributed by atoms with Gasteiger partial charge in [0.25, 0.3) is 0 Å². The van der Waals surface area contributed by atoms with E-state index in [9.17, 15) is 5.11 Å². The molecule has 0 amide bonds. The molecule has 0 aliphatic heterocycles. The van der Waals surface area contributed by atoms with Crippen molar-refractivity contribution < 1.29 is 5.11 Å². The van der Waals surface area contributed by atoms with Gasteiger partial charge in [0.05, 0.1) is 0 Å². The molecule has 0 fully saturated rings. The third-order valence-electron chi connectivity index (χ3n) is 2.81. The van der Waals surface area contributed by atoms with E-state index < -0.39 is 0 Å². The molecule has 0 aliphatic rings. The monoisotopic (exact) mass is 204 g/mol. The minimum Gasteiger partial charge on any atom is -0.508 e. The predicted octanol–water partition coefficient (Wildman–Crippen LogP) is 4.09. The van der Waals surface area contributed by atoms with E-state index in [1.807, 2.05) is 12.1 Å². The Hall–Kier alpha value is -1.24. The van der Waals surface area contributed by atoms with Crippen LogP contribution in [0.3, 0.4) is 0 Å². The highest BCUT2D eigenvalue weighted by Crippen LogP contribution is 2.27. The maximum Gasteiger partial charge on any atom is 0.116 e. The molecule has 0 heterocycles. The Morgan fingerprint density at radius 2 is 1.93 bits per heavy atom. The van der Waals surface area contributed by atoms with Crippen LogP contribution < -0.4 is 0 Å². The summed E-state index contributed by atoms with van der Waals surface area (Å²) < 4.78 is 0. The van der Waals surface area contributed by atoms with E-state index in [0.717, 1.165) is 5.56 Å². The summed E-state index contributed by atoms with van der Waals surface area (Å²) in [5, 5.41) is 9.30. The van der Waals surface area contributed by atoms with Crippen molar-refractivity contribution in [2.75, 3.05) is 0 Å². The second-order valence-electron chi connectivity index (χ2n) is 5.11. The van der Waals surface area contributed by atoms with Gasteiger partial charge in [-0.3, -0.25) is 0 Å². The van der Waals surface area contributed by atoms with Gasteiger partial charge in [0.15, 0.2) is 0 Å². The van der Waals surface area contributed by atoms with Gasteiger partial charge in [-0.1, -0.05) is 52.0 Å². The summed E-state index contributed by atoms with van der Waals surface area (Å²) >= 11 is 0. The number of allylic oxidation sites excluding steroid dienone is 1. The molecule has 0 bridgehead atoms. The number of hydrogen-bond acceptors (Lipinski definition) is 1. The van der Waals surface area contributed by atoms with Crippen LogP contribution in [0.4, 0.5) is 0 Å². The molecule has 1 heteroatoms. The van der Waals surface area contributed by atoms with Crippen molar-refractivity contribution in [3.05, 3.63) is 35.9 Å². The van der Waals surface area contributed by atoms with Crippen LogP contribution in [0.25, 0.3) is 6.08 Å². The lowest BCUT2D eigenvalue weighted by Gasteiger charge is -2.24. The van der Waals surface area contributed by atoms with Crippen LogP contribution in [0.1, 0.15) is 33.3 Å². The van der Waals surface area contributed by atoms with Gasteiger partial charge in [-0.05, 0) is 29.0 Å². The molecule has 82 valence electrons. The van der Waals surface area contributed by atoms with E-state index in [0.29, 0.717) is 11.7 Å². The van der Waals surface area contributed by atoms with Crippen LogP contribution in [-0.2, 0) is 0 Å². The Morgan fingerprint density at radius 1 is 1.27 bits per heavy atom. The first-order valence-corrected chi connectivity index (χ1v) is 5.37. The van der Waals surface area contributed by atoms with Crippen LogP contribution in [0.15, 0.2) is 30.3 Å². The van der Waals surface area contributed by atoms with Crippen molar-refractivity contribution in [1.29, 1.82) is 0 Å². The fraction of sp³-hybridized carbons (Fsp3) is 0.429. The molecule has 1 atom stereocenters. The fourth-order valence-corrected chi connectivity index (χ4v) is 1.17. The zero-order chi connectivity index (χ0) is 11.5. The molecule has 0 saturated carbocycles. The summed E-state index contributed by atoms with van der Waals surface area (Å²) in [4.78, 5) is 0. The molecule has 1 unspecified atom stereocenters. The van der Waals surface area contributed by atoms with Gasteiger partial charge in [-0.15, -0.1) is 0 Å². The first-order valence-electron chi connectivity index (χ1n) is 5.37. The first-order chi connectivity index (χ1) is 6.89. The van der Waals surface area contributed by atoms with E-state index in [2.05, 4.69) is 39.8 Å². The number of benzene rings is 1. The van der Waals surface area contributed by atoms with Gasteiger partial charge in [-0.2, -0.15) is 0 Å². The largest absolute Gasteiger partial charge is 0.508 e. The highest BCUT2D eigenvalue weighted by Gasteiger charge is 2.16. The second-order valence-corrected chi connectivity index (χ2v) is 5.11. The van der Waals surface area contributed by atoms with Crippen LogP contribution in [0.5, 0.6) is 5.75 Å². The Bertz CT molecular complexity index is 345. The third-order valence-corrected chi connectivity index (χ3v) is 2.81. The molecule has 1 N–H and O–H groups in total. The zero-order valence-corrected chi connectivity index (χ0v) is 9.99. The van der Waals surface area contributed by atoms with E-state index in [1.165, 1.54) is 0 Å². The number of rotatable bonds is 2. The lowest BCUT2D eigenvalue weighted by molar-refractivity contribution is 0.315. The normalized spacial score (nSPS) is 14.4. The Balaban J connectivity index is 2.74. The smallest absolute Gasteiger partial charge is 0.116 e. The summed E-state index contributed by atoms with van der Waals surface area (Å²) in [5.74, 6) is 0.834. The van der Waals surface area contributed by atoms with Crippen molar-refractivity contribution in [3.8, 4) is 5.75 Å². The van der Waals surface area contributed by atoms with E-state index in [1.54, 1.807) is 12.1 Å². The number of phenolic OH excluding ortho intramolecular Hbond substituents is 1. The minimum absolute atomic E-state index is 0.285. The maximum absolute atomic E-state index is 9.30. The quantitative estimate of drug-likeness (QED) is 0.769. The predicted molar refractivity (Wildman–Crippen MR) is 65.8 cm³/mol. The number of hydrogen-bond donors (Lipinski definition) is 1. The van der Waals surface area contributed by atoms with Crippen LogP contribution in [0, 0.1) is 11.3 Å². The lowest BCUT2D eigenvalue weighted by Crippen LogP contribution is -2.14. The summed E-state index contributed by atoms with van der Waals surface area (Å²) in [6.07, 6.45) is 4.25. The Kier molecular flexibility index (Phi) is 3.57. The molecular formula is C14H20O. The molecule has 0 aromatic heterocycles. The highest BCUT2D eigenvalue weighted by molar-refractivity contribution is 5.51. The van der Waals surface area contributed by atoms with E-state index in [4.69, 9.17) is 0 Å². The van der Waals surface area contributed by atoms with Crippen LogP contribution in [0.2, 0.25) is 0 Å². The molecule has 0 spiro atoms. The summed E-state index contributed by atoms with van der Waals surface area (Å²) in [5.41, 5.74) is 1.33. The molecule has 1 nitrogen and oxygen atoms in total. The number of aromatic hydroxyl groups is 1. The standard InChI is InChI=1S/C14H20O/c1-11(14(2,3)4)8-9-12-6-5-7-13(15)10-12/h5-11,15H,1-4H3/b9-8+. The fourth-order valence-electron chi connectivity index (χ4n) is 1.17. The van der Waals surface area contributed by atoms with Gasteiger partial charge < -0.3 is 5.11 Å². The topological polar surface area (TPSA) is 20.2 Å². The molecule has 0 saturated heterocycles. The third kappa shape index (κ3) is 3.78. The van der Waals surface area contributed by atoms with Crippen molar-refractivity contribution in [2.45, 2.75) is 27.7 Å².